The number of anilines is 2. The van der Waals surface area contributed by atoms with Crippen molar-refractivity contribution in [1.82, 2.24) is 4.90 Å². The molecule has 2 aromatic rings. The average Bonchev–Trinajstić information content (AvgIpc) is 2.79. The number of nitrogens with one attached hydrogen (secondary N) is 1. The predicted molar refractivity (Wildman–Crippen MR) is 119 cm³/mol. The molecule has 1 saturated heterocycles. The Kier molecular flexibility index (Phi) is 6.92. The standard InChI is InChI=1S/C23H31N3O4/c1-6-17-9-7-8-16(2)21(17)24-23(27)26-12-10-25(11-13-26)18-14-19(28-3)22(30-5)20(15-18)29-4/h7-9,14-15H,6,10-13H2,1-5H3,(H,24,27). The van der Waals surface area contributed by atoms with E-state index in [1.807, 2.05) is 36.1 Å². The van der Waals surface area contributed by atoms with Gasteiger partial charge in [-0.3, -0.25) is 0 Å². The van der Waals surface area contributed by atoms with Gasteiger partial charge in [-0.05, 0) is 24.5 Å². The van der Waals surface area contributed by atoms with E-state index in [1.54, 1.807) is 21.3 Å². The Hall–Kier alpha value is -3.09. The third-order valence-corrected chi connectivity index (χ3v) is 5.55. The minimum Gasteiger partial charge on any atom is -0.493 e. The SMILES string of the molecule is CCc1cccc(C)c1NC(=O)N1CCN(c2cc(OC)c(OC)c(OC)c2)CC1. The number of benzene rings is 2. The maximum atomic E-state index is 12.9. The van der Waals surface area contributed by atoms with E-state index in [0.29, 0.717) is 30.3 Å². The number of carbonyl (C=O) groups excluding carboxylic acids is 1. The lowest BCUT2D eigenvalue weighted by atomic mass is 10.1. The molecule has 0 saturated carbocycles. The minimum absolute atomic E-state index is 0.0523. The van der Waals surface area contributed by atoms with Crippen molar-refractivity contribution < 1.29 is 19.0 Å². The maximum absolute atomic E-state index is 12.9. The van der Waals surface area contributed by atoms with E-state index in [1.165, 1.54) is 0 Å². The monoisotopic (exact) mass is 413 g/mol. The molecule has 0 aromatic heterocycles. The summed E-state index contributed by atoms with van der Waals surface area (Å²) in [6.07, 6.45) is 0.881. The van der Waals surface area contributed by atoms with Crippen molar-refractivity contribution in [2.45, 2.75) is 20.3 Å². The van der Waals surface area contributed by atoms with Crippen molar-refractivity contribution in [3.05, 3.63) is 41.5 Å². The molecule has 2 amide bonds. The zero-order valence-electron chi connectivity index (χ0n) is 18.4. The molecule has 3 rings (SSSR count). The van der Waals surface area contributed by atoms with Gasteiger partial charge in [0.05, 0.1) is 21.3 Å². The maximum Gasteiger partial charge on any atom is 0.321 e. The number of hydrogen-bond acceptors (Lipinski definition) is 5. The first-order chi connectivity index (χ1) is 14.5. The number of amides is 2. The second kappa shape index (κ2) is 9.61. The molecule has 162 valence electrons. The fourth-order valence-electron chi connectivity index (χ4n) is 3.81. The van der Waals surface area contributed by atoms with Crippen LogP contribution in [0.1, 0.15) is 18.1 Å². The fourth-order valence-corrected chi connectivity index (χ4v) is 3.81. The summed E-state index contributed by atoms with van der Waals surface area (Å²) in [5.41, 5.74) is 4.15. The molecule has 0 radical (unpaired) electrons. The van der Waals surface area contributed by atoms with Crippen LogP contribution in [-0.2, 0) is 6.42 Å². The summed E-state index contributed by atoms with van der Waals surface area (Å²) < 4.78 is 16.3. The first-order valence-corrected chi connectivity index (χ1v) is 10.2. The number of ether oxygens (including phenoxy) is 3. The summed E-state index contributed by atoms with van der Waals surface area (Å²) in [7, 11) is 4.81. The zero-order valence-corrected chi connectivity index (χ0v) is 18.4. The van der Waals surface area contributed by atoms with Crippen LogP contribution in [0.3, 0.4) is 0 Å². The zero-order chi connectivity index (χ0) is 21.7. The molecule has 1 N–H and O–H groups in total. The second-order valence-corrected chi connectivity index (χ2v) is 7.25. The first kappa shape index (κ1) is 21.6. The molecule has 7 heteroatoms. The predicted octanol–water partition coefficient (Wildman–Crippen LogP) is 3.94. The topological polar surface area (TPSA) is 63.3 Å². The van der Waals surface area contributed by atoms with Crippen molar-refractivity contribution in [3.63, 3.8) is 0 Å². The van der Waals surface area contributed by atoms with Gasteiger partial charge in [-0.1, -0.05) is 25.1 Å². The van der Waals surface area contributed by atoms with Crippen LogP contribution in [0.25, 0.3) is 0 Å². The molecule has 1 fully saturated rings. The smallest absolute Gasteiger partial charge is 0.321 e. The van der Waals surface area contributed by atoms with Crippen LogP contribution in [0, 0.1) is 6.92 Å². The Morgan fingerprint density at radius 2 is 1.63 bits per heavy atom. The van der Waals surface area contributed by atoms with Gasteiger partial charge in [0, 0.05) is 49.7 Å². The average molecular weight is 414 g/mol. The quantitative estimate of drug-likeness (QED) is 0.777. The van der Waals surface area contributed by atoms with Crippen LogP contribution in [0.2, 0.25) is 0 Å². The van der Waals surface area contributed by atoms with Crippen LogP contribution in [0.4, 0.5) is 16.2 Å². The number of carbonyl (C=O) groups is 1. The Morgan fingerprint density at radius 1 is 1.00 bits per heavy atom. The molecule has 30 heavy (non-hydrogen) atoms. The summed E-state index contributed by atoms with van der Waals surface area (Å²) in [6, 6.07) is 9.95. The molecule has 0 aliphatic carbocycles. The van der Waals surface area contributed by atoms with Crippen LogP contribution in [-0.4, -0.2) is 58.4 Å². The van der Waals surface area contributed by atoms with E-state index in [9.17, 15) is 4.79 Å². The molecule has 0 atom stereocenters. The minimum atomic E-state index is -0.0523. The highest BCUT2D eigenvalue weighted by atomic mass is 16.5. The molecule has 1 aliphatic rings. The van der Waals surface area contributed by atoms with Gasteiger partial charge < -0.3 is 29.3 Å². The second-order valence-electron chi connectivity index (χ2n) is 7.25. The summed E-state index contributed by atoms with van der Waals surface area (Å²) in [6.45, 7) is 6.84. The Bertz CT molecular complexity index is 867. The van der Waals surface area contributed by atoms with E-state index >= 15 is 0 Å². The highest BCUT2D eigenvalue weighted by Gasteiger charge is 2.24. The van der Waals surface area contributed by atoms with Gasteiger partial charge in [-0.25, -0.2) is 4.79 Å². The number of piperazine rings is 1. The molecule has 1 heterocycles. The summed E-state index contributed by atoms with van der Waals surface area (Å²) in [4.78, 5) is 16.9. The van der Waals surface area contributed by atoms with Crippen LogP contribution >= 0.6 is 0 Å². The first-order valence-electron chi connectivity index (χ1n) is 10.2. The largest absolute Gasteiger partial charge is 0.493 e. The highest BCUT2D eigenvalue weighted by molar-refractivity contribution is 5.91. The van der Waals surface area contributed by atoms with E-state index < -0.39 is 0 Å². The van der Waals surface area contributed by atoms with Crippen molar-refractivity contribution in [3.8, 4) is 17.2 Å². The lowest BCUT2D eigenvalue weighted by Gasteiger charge is -2.36. The molecule has 0 spiro atoms. The Balaban J connectivity index is 1.69. The molecular formula is C23H31N3O4. The van der Waals surface area contributed by atoms with Crippen LogP contribution in [0.5, 0.6) is 17.2 Å². The third kappa shape index (κ3) is 4.40. The lowest BCUT2D eigenvalue weighted by Crippen LogP contribution is -2.50. The number of rotatable bonds is 6. The van der Waals surface area contributed by atoms with Crippen LogP contribution in [0.15, 0.2) is 30.3 Å². The van der Waals surface area contributed by atoms with Crippen LogP contribution < -0.4 is 24.4 Å². The number of methoxy groups -OCH3 is 3. The van der Waals surface area contributed by atoms with Crippen molar-refractivity contribution in [1.29, 1.82) is 0 Å². The van der Waals surface area contributed by atoms with Crippen molar-refractivity contribution in [2.24, 2.45) is 0 Å². The van der Waals surface area contributed by atoms with Gasteiger partial charge >= 0.3 is 6.03 Å². The summed E-state index contributed by atoms with van der Waals surface area (Å²) in [5, 5.41) is 3.12. The van der Waals surface area contributed by atoms with Gasteiger partial charge in [-0.15, -0.1) is 0 Å². The number of aryl methyl sites for hydroxylation is 2. The number of nitrogens with zero attached hydrogens (tertiary/aromatic N) is 2. The molecule has 7 nitrogen and oxygen atoms in total. The Morgan fingerprint density at radius 3 is 2.17 bits per heavy atom. The van der Waals surface area contributed by atoms with Crippen molar-refractivity contribution in [2.75, 3.05) is 57.7 Å². The summed E-state index contributed by atoms with van der Waals surface area (Å²) >= 11 is 0. The van der Waals surface area contributed by atoms with Gasteiger partial charge in [0.1, 0.15) is 0 Å². The van der Waals surface area contributed by atoms with Gasteiger partial charge in [0.2, 0.25) is 5.75 Å². The number of hydrogen-bond donors (Lipinski definition) is 1. The van der Waals surface area contributed by atoms with Gasteiger partial charge in [-0.2, -0.15) is 0 Å². The Labute approximate surface area is 178 Å². The lowest BCUT2D eigenvalue weighted by molar-refractivity contribution is 0.208. The van der Waals surface area contributed by atoms with Crippen molar-refractivity contribution >= 4 is 17.4 Å². The van der Waals surface area contributed by atoms with E-state index in [2.05, 4.69) is 23.2 Å². The molecule has 0 unspecified atom stereocenters. The normalized spacial score (nSPS) is 13.8. The number of urea groups is 1. The van der Waals surface area contributed by atoms with E-state index in [-0.39, 0.29) is 6.03 Å². The molecule has 0 bridgehead atoms. The highest BCUT2D eigenvalue weighted by Crippen LogP contribution is 2.41. The van der Waals surface area contributed by atoms with Gasteiger partial charge in [0.25, 0.3) is 0 Å². The fraction of sp³-hybridized carbons (Fsp3) is 0.435. The molecule has 2 aromatic carbocycles. The number of para-hydroxylation sites is 1. The molecular weight excluding hydrogens is 382 g/mol. The molecule has 1 aliphatic heterocycles. The summed E-state index contributed by atoms with van der Waals surface area (Å²) in [5.74, 6) is 1.82. The van der Waals surface area contributed by atoms with E-state index in [0.717, 1.165) is 42.0 Å². The van der Waals surface area contributed by atoms with E-state index in [4.69, 9.17) is 14.2 Å². The van der Waals surface area contributed by atoms with Gasteiger partial charge in [0.15, 0.2) is 11.5 Å². The third-order valence-electron chi connectivity index (χ3n) is 5.55.